The monoisotopic (exact) mass is 334 g/mol. The van der Waals surface area contributed by atoms with Crippen molar-refractivity contribution < 1.29 is 20.0 Å². The summed E-state index contributed by atoms with van der Waals surface area (Å²) in [5.41, 5.74) is 1.80. The molecule has 0 bridgehead atoms. The van der Waals surface area contributed by atoms with Gasteiger partial charge in [-0.2, -0.15) is 0 Å². The number of phenolic OH excluding ortho intramolecular Hbond substituents is 2. The number of likely N-dealkylation sites (tertiary alicyclic amines) is 2. The molecular weight excluding hydrogens is 300 g/mol. The van der Waals surface area contributed by atoms with Gasteiger partial charge in [-0.25, -0.2) is 0 Å². The fourth-order valence-corrected chi connectivity index (χ4v) is 4.30. The van der Waals surface area contributed by atoms with Crippen LogP contribution in [0.3, 0.4) is 0 Å². The van der Waals surface area contributed by atoms with E-state index in [1.54, 1.807) is 0 Å². The number of benzene rings is 1. The summed E-state index contributed by atoms with van der Waals surface area (Å²) in [5.74, 6) is 0.738. The van der Waals surface area contributed by atoms with Crippen molar-refractivity contribution in [1.82, 2.24) is 0 Å². The SMILES string of the molecule is Oc1cc(C[NH+]2CCCCCC2)c(O)cc1C[NH+]1CCCCCC1. The first-order valence-corrected chi connectivity index (χ1v) is 9.93. The van der Waals surface area contributed by atoms with E-state index in [1.807, 2.05) is 12.1 Å². The minimum atomic E-state index is 0.369. The fourth-order valence-electron chi connectivity index (χ4n) is 4.30. The van der Waals surface area contributed by atoms with E-state index in [1.165, 1.54) is 87.3 Å². The normalized spacial score (nSPS) is 21.3. The van der Waals surface area contributed by atoms with Crippen molar-refractivity contribution >= 4 is 0 Å². The van der Waals surface area contributed by atoms with Gasteiger partial charge in [0.15, 0.2) is 0 Å². The lowest BCUT2D eigenvalue weighted by molar-refractivity contribution is -0.913. The lowest BCUT2D eigenvalue weighted by Crippen LogP contribution is -3.10. The van der Waals surface area contributed by atoms with Crippen LogP contribution in [0.4, 0.5) is 0 Å². The van der Waals surface area contributed by atoms with Gasteiger partial charge in [0, 0.05) is 0 Å². The molecule has 0 radical (unpaired) electrons. The van der Waals surface area contributed by atoms with Gasteiger partial charge < -0.3 is 20.0 Å². The number of rotatable bonds is 4. The highest BCUT2D eigenvalue weighted by Crippen LogP contribution is 2.26. The van der Waals surface area contributed by atoms with Crippen LogP contribution in [0.2, 0.25) is 0 Å². The zero-order chi connectivity index (χ0) is 16.8. The molecular formula is C20H34N2O2+2. The maximum atomic E-state index is 10.5. The van der Waals surface area contributed by atoms with Gasteiger partial charge in [-0.15, -0.1) is 0 Å². The molecule has 2 aliphatic heterocycles. The van der Waals surface area contributed by atoms with Crippen LogP contribution in [0.15, 0.2) is 12.1 Å². The van der Waals surface area contributed by atoms with E-state index in [0.717, 1.165) is 24.2 Å². The summed E-state index contributed by atoms with van der Waals surface area (Å²) < 4.78 is 0. The smallest absolute Gasteiger partial charge is 0.125 e. The van der Waals surface area contributed by atoms with Crippen molar-refractivity contribution in [2.75, 3.05) is 26.2 Å². The van der Waals surface area contributed by atoms with Crippen LogP contribution in [0.5, 0.6) is 11.5 Å². The molecule has 1 aromatic rings. The van der Waals surface area contributed by atoms with Crippen LogP contribution in [0.25, 0.3) is 0 Å². The first kappa shape index (κ1) is 17.6. The first-order chi connectivity index (χ1) is 11.7. The number of nitrogens with one attached hydrogen (secondary N) is 2. The van der Waals surface area contributed by atoms with Gasteiger partial charge in [0.25, 0.3) is 0 Å². The molecule has 4 N–H and O–H groups in total. The minimum absolute atomic E-state index is 0.369. The third kappa shape index (κ3) is 4.87. The van der Waals surface area contributed by atoms with E-state index in [2.05, 4.69) is 0 Å². The van der Waals surface area contributed by atoms with Crippen LogP contribution in [0.1, 0.15) is 62.5 Å². The summed E-state index contributed by atoms with van der Waals surface area (Å²) in [4.78, 5) is 3.07. The Balaban J connectivity index is 1.65. The Hall–Kier alpha value is -1.26. The topological polar surface area (TPSA) is 49.3 Å². The summed E-state index contributed by atoms with van der Waals surface area (Å²) in [5, 5.41) is 20.9. The van der Waals surface area contributed by atoms with Gasteiger partial charge >= 0.3 is 0 Å². The highest BCUT2D eigenvalue weighted by molar-refractivity contribution is 5.44. The average molecular weight is 335 g/mol. The Morgan fingerprint density at radius 3 is 1.25 bits per heavy atom. The van der Waals surface area contributed by atoms with Crippen LogP contribution in [-0.2, 0) is 13.1 Å². The molecule has 3 rings (SSSR count). The number of quaternary nitrogens is 2. The number of hydrogen-bond donors (Lipinski definition) is 4. The van der Waals surface area contributed by atoms with E-state index < -0.39 is 0 Å². The van der Waals surface area contributed by atoms with Gasteiger partial charge in [-0.05, 0) is 63.5 Å². The molecule has 0 aliphatic carbocycles. The highest BCUT2D eigenvalue weighted by Gasteiger charge is 2.19. The zero-order valence-electron chi connectivity index (χ0n) is 14.9. The lowest BCUT2D eigenvalue weighted by atomic mass is 10.1. The van der Waals surface area contributed by atoms with Gasteiger partial charge in [0.1, 0.15) is 24.6 Å². The molecule has 4 nitrogen and oxygen atoms in total. The standard InChI is InChI=1S/C20H32N2O2/c23-19-14-18(16-22-11-7-3-4-8-12-22)20(24)13-17(19)15-21-9-5-1-2-6-10-21/h13-14,23-24H,1-12,15-16H2/p+2. The second kappa shape index (κ2) is 8.72. The fraction of sp³-hybridized carbons (Fsp3) is 0.700. The maximum absolute atomic E-state index is 10.5. The van der Waals surface area contributed by atoms with Gasteiger partial charge in [-0.3, -0.25) is 0 Å². The quantitative estimate of drug-likeness (QED) is 0.622. The Labute approximate surface area is 146 Å². The predicted molar refractivity (Wildman–Crippen MR) is 95.5 cm³/mol. The molecule has 2 fully saturated rings. The van der Waals surface area contributed by atoms with Crippen LogP contribution >= 0.6 is 0 Å². The summed E-state index contributed by atoms with van der Waals surface area (Å²) in [6.07, 6.45) is 10.4. The average Bonchev–Trinajstić information content (AvgIpc) is 2.97. The minimum Gasteiger partial charge on any atom is -0.507 e. The summed E-state index contributed by atoms with van der Waals surface area (Å²) >= 11 is 0. The molecule has 0 aromatic heterocycles. The van der Waals surface area contributed by atoms with E-state index in [4.69, 9.17) is 0 Å². The molecule has 2 saturated heterocycles. The third-order valence-electron chi connectivity index (χ3n) is 5.78. The number of phenols is 2. The molecule has 2 aliphatic rings. The van der Waals surface area contributed by atoms with Crippen LogP contribution in [0, 0.1) is 0 Å². The van der Waals surface area contributed by atoms with E-state index in [-0.39, 0.29) is 0 Å². The molecule has 134 valence electrons. The maximum Gasteiger partial charge on any atom is 0.125 e. The zero-order valence-corrected chi connectivity index (χ0v) is 14.9. The lowest BCUT2D eigenvalue weighted by Gasteiger charge is -2.20. The molecule has 0 amide bonds. The Bertz CT molecular complexity index is 469. The van der Waals surface area contributed by atoms with Gasteiger partial charge in [-0.1, -0.05) is 0 Å². The van der Waals surface area contributed by atoms with Crippen molar-refractivity contribution in [2.24, 2.45) is 0 Å². The first-order valence-electron chi connectivity index (χ1n) is 9.93. The summed E-state index contributed by atoms with van der Waals surface area (Å²) in [6.45, 7) is 6.38. The predicted octanol–water partition coefficient (Wildman–Crippen LogP) is 1.02. The van der Waals surface area contributed by atoms with Gasteiger partial charge in [0.2, 0.25) is 0 Å². The van der Waals surface area contributed by atoms with Crippen LogP contribution in [-0.4, -0.2) is 36.4 Å². The van der Waals surface area contributed by atoms with Gasteiger partial charge in [0.05, 0.1) is 37.3 Å². The molecule has 0 saturated carbocycles. The molecule has 4 heteroatoms. The molecule has 0 atom stereocenters. The number of hydrogen-bond acceptors (Lipinski definition) is 2. The van der Waals surface area contributed by atoms with E-state index in [9.17, 15) is 10.2 Å². The summed E-state index contributed by atoms with van der Waals surface area (Å²) in [7, 11) is 0. The Morgan fingerprint density at radius 2 is 0.917 bits per heavy atom. The second-order valence-electron chi connectivity index (χ2n) is 7.79. The molecule has 0 spiro atoms. The molecule has 1 aromatic carbocycles. The van der Waals surface area contributed by atoms with Crippen molar-refractivity contribution in [1.29, 1.82) is 0 Å². The van der Waals surface area contributed by atoms with E-state index >= 15 is 0 Å². The van der Waals surface area contributed by atoms with Crippen molar-refractivity contribution in [3.63, 3.8) is 0 Å². The Morgan fingerprint density at radius 1 is 0.583 bits per heavy atom. The molecule has 2 heterocycles. The second-order valence-corrected chi connectivity index (χ2v) is 7.79. The highest BCUT2D eigenvalue weighted by atomic mass is 16.3. The van der Waals surface area contributed by atoms with Crippen molar-refractivity contribution in [3.05, 3.63) is 23.3 Å². The van der Waals surface area contributed by atoms with Crippen molar-refractivity contribution in [2.45, 2.75) is 64.5 Å². The summed E-state index contributed by atoms with van der Waals surface area (Å²) in [6, 6.07) is 3.64. The number of aromatic hydroxyl groups is 2. The third-order valence-corrected chi connectivity index (χ3v) is 5.78. The largest absolute Gasteiger partial charge is 0.507 e. The van der Waals surface area contributed by atoms with E-state index in [0.29, 0.717) is 11.5 Å². The Kier molecular flexibility index (Phi) is 6.38. The molecule has 24 heavy (non-hydrogen) atoms. The van der Waals surface area contributed by atoms with Crippen molar-refractivity contribution in [3.8, 4) is 11.5 Å². The molecule has 0 unspecified atom stereocenters. The van der Waals surface area contributed by atoms with Crippen LogP contribution < -0.4 is 9.80 Å².